The van der Waals surface area contributed by atoms with E-state index >= 15 is 0 Å². The van der Waals surface area contributed by atoms with E-state index in [0.717, 1.165) is 30.4 Å². The van der Waals surface area contributed by atoms with Crippen molar-refractivity contribution in [2.24, 2.45) is 0 Å². The number of aromatic nitrogens is 3. The van der Waals surface area contributed by atoms with Gasteiger partial charge in [0.15, 0.2) is 10.9 Å². The number of Topliss-reactive ketones (excluding diaryl/α,β-unsaturated/α-hetero) is 1. The number of thioether (sulfide) groups is 1. The van der Waals surface area contributed by atoms with E-state index in [2.05, 4.69) is 26.9 Å². The molecule has 0 bridgehead atoms. The molecule has 6 heteroatoms. The number of ketones is 1. The molecule has 1 unspecified atom stereocenters. The van der Waals surface area contributed by atoms with Crippen LogP contribution in [0.2, 0.25) is 5.02 Å². The van der Waals surface area contributed by atoms with Gasteiger partial charge in [-0.15, -0.1) is 10.2 Å². The molecule has 1 aromatic heterocycles. The second kappa shape index (κ2) is 7.87. The Morgan fingerprint density at radius 2 is 1.85 bits per heavy atom. The second-order valence-electron chi connectivity index (χ2n) is 6.82. The van der Waals surface area contributed by atoms with Gasteiger partial charge in [0.25, 0.3) is 0 Å². The van der Waals surface area contributed by atoms with Crippen LogP contribution in [0.3, 0.4) is 0 Å². The Hall–Kier alpha value is -2.11. The number of hydrogen-bond donors (Lipinski definition) is 0. The highest BCUT2D eigenvalue weighted by molar-refractivity contribution is 8.00. The Balaban J connectivity index is 1.56. The monoisotopic (exact) mass is 397 g/mol. The van der Waals surface area contributed by atoms with Crippen molar-refractivity contribution < 1.29 is 4.79 Å². The Kier molecular flexibility index (Phi) is 5.32. The van der Waals surface area contributed by atoms with Gasteiger partial charge in [-0.1, -0.05) is 53.7 Å². The third kappa shape index (κ3) is 4.25. The van der Waals surface area contributed by atoms with Crippen LogP contribution in [0, 0.1) is 0 Å². The van der Waals surface area contributed by atoms with Gasteiger partial charge in [-0.05, 0) is 49.6 Å². The maximum atomic E-state index is 12.8. The minimum Gasteiger partial charge on any atom is -0.301 e. The predicted octanol–water partition coefficient (Wildman–Crippen LogP) is 5.22. The molecule has 0 aliphatic heterocycles. The fourth-order valence-electron chi connectivity index (χ4n) is 3.01. The highest BCUT2D eigenvalue weighted by Crippen LogP contribution is 2.40. The summed E-state index contributed by atoms with van der Waals surface area (Å²) in [7, 11) is 0. The topological polar surface area (TPSA) is 47.8 Å². The summed E-state index contributed by atoms with van der Waals surface area (Å²) in [6, 6.07) is 17.3. The number of carbonyl (C=O) groups excluding carboxylic acids is 1. The summed E-state index contributed by atoms with van der Waals surface area (Å²) in [5.74, 6) is 1.60. The molecule has 138 valence electrons. The van der Waals surface area contributed by atoms with Crippen LogP contribution >= 0.6 is 23.4 Å². The van der Waals surface area contributed by atoms with Gasteiger partial charge in [-0.25, -0.2) is 0 Å². The summed E-state index contributed by atoms with van der Waals surface area (Å²) in [5.41, 5.74) is 1.87. The molecule has 1 saturated carbocycles. The van der Waals surface area contributed by atoms with Gasteiger partial charge in [-0.2, -0.15) is 0 Å². The first-order chi connectivity index (χ1) is 13.1. The molecule has 0 spiro atoms. The maximum Gasteiger partial charge on any atom is 0.192 e. The van der Waals surface area contributed by atoms with E-state index < -0.39 is 0 Å². The lowest BCUT2D eigenvalue weighted by molar-refractivity contribution is 0.0994. The molecule has 4 nitrogen and oxygen atoms in total. The van der Waals surface area contributed by atoms with E-state index in [-0.39, 0.29) is 11.0 Å². The summed E-state index contributed by atoms with van der Waals surface area (Å²) in [6.07, 6.45) is 2.33. The zero-order chi connectivity index (χ0) is 18.8. The van der Waals surface area contributed by atoms with Crippen LogP contribution in [0.15, 0.2) is 59.8 Å². The first-order valence-corrected chi connectivity index (χ1v) is 10.3. The van der Waals surface area contributed by atoms with Crippen molar-refractivity contribution >= 4 is 29.1 Å². The first-order valence-electron chi connectivity index (χ1n) is 9.05. The average Bonchev–Trinajstić information content (AvgIpc) is 3.46. The maximum absolute atomic E-state index is 12.8. The first kappa shape index (κ1) is 18.3. The van der Waals surface area contributed by atoms with Crippen molar-refractivity contribution in [3.05, 3.63) is 76.6 Å². The SMILES string of the molecule is CC(Sc1nnc(C2CC2)n1Cc1ccccc1)C(=O)c1ccc(Cl)cc1. The minimum atomic E-state index is -0.253. The quantitative estimate of drug-likeness (QED) is 0.405. The molecule has 4 rings (SSSR count). The third-order valence-electron chi connectivity index (χ3n) is 4.65. The number of hydrogen-bond acceptors (Lipinski definition) is 4. The summed E-state index contributed by atoms with van der Waals surface area (Å²) in [5, 5.41) is 10.0. The molecule has 0 amide bonds. The lowest BCUT2D eigenvalue weighted by Gasteiger charge is -2.13. The fraction of sp³-hybridized carbons (Fsp3) is 0.286. The van der Waals surface area contributed by atoms with Crippen molar-refractivity contribution in [1.29, 1.82) is 0 Å². The molecule has 27 heavy (non-hydrogen) atoms. The molecule has 1 heterocycles. The molecule has 2 aromatic carbocycles. The average molecular weight is 398 g/mol. The van der Waals surface area contributed by atoms with Crippen LogP contribution in [0.5, 0.6) is 0 Å². The van der Waals surface area contributed by atoms with Gasteiger partial charge in [0.1, 0.15) is 5.82 Å². The summed E-state index contributed by atoms with van der Waals surface area (Å²) in [4.78, 5) is 12.8. The van der Waals surface area contributed by atoms with Crippen LogP contribution in [0.25, 0.3) is 0 Å². The van der Waals surface area contributed by atoms with E-state index in [1.807, 2.05) is 25.1 Å². The molecule has 1 aliphatic carbocycles. The summed E-state index contributed by atoms with van der Waals surface area (Å²) < 4.78 is 2.17. The molecular weight excluding hydrogens is 378 g/mol. The third-order valence-corrected chi connectivity index (χ3v) is 5.98. The van der Waals surface area contributed by atoms with Gasteiger partial charge in [-0.3, -0.25) is 4.79 Å². The zero-order valence-corrected chi connectivity index (χ0v) is 16.6. The van der Waals surface area contributed by atoms with Crippen LogP contribution in [0.1, 0.15) is 47.4 Å². The second-order valence-corrected chi connectivity index (χ2v) is 8.56. The van der Waals surface area contributed by atoms with Gasteiger partial charge in [0.2, 0.25) is 0 Å². The lowest BCUT2D eigenvalue weighted by Crippen LogP contribution is -2.15. The lowest BCUT2D eigenvalue weighted by atomic mass is 10.1. The number of rotatable bonds is 7. The van der Waals surface area contributed by atoms with Crippen LogP contribution in [-0.2, 0) is 6.54 Å². The number of carbonyl (C=O) groups is 1. The zero-order valence-electron chi connectivity index (χ0n) is 15.0. The van der Waals surface area contributed by atoms with Crippen molar-refractivity contribution in [3.8, 4) is 0 Å². The largest absolute Gasteiger partial charge is 0.301 e. The normalized spacial score (nSPS) is 14.9. The predicted molar refractivity (Wildman–Crippen MR) is 109 cm³/mol. The van der Waals surface area contributed by atoms with Crippen molar-refractivity contribution in [2.45, 2.75) is 42.6 Å². The van der Waals surface area contributed by atoms with Gasteiger partial charge < -0.3 is 4.57 Å². The molecule has 1 fully saturated rings. The standard InChI is InChI=1S/C21H20ClN3OS/c1-14(19(26)16-9-11-18(22)12-10-16)27-21-24-23-20(17-7-8-17)25(21)13-15-5-3-2-4-6-15/h2-6,9-12,14,17H,7-8,13H2,1H3. The molecule has 0 N–H and O–H groups in total. The smallest absolute Gasteiger partial charge is 0.192 e. The highest BCUT2D eigenvalue weighted by atomic mass is 35.5. The van der Waals surface area contributed by atoms with Gasteiger partial charge in [0.05, 0.1) is 11.8 Å². The van der Waals surface area contributed by atoms with Crippen molar-refractivity contribution in [1.82, 2.24) is 14.8 Å². The minimum absolute atomic E-state index is 0.0684. The highest BCUT2D eigenvalue weighted by Gasteiger charge is 2.31. The molecule has 3 aromatic rings. The Labute approximate surface area is 168 Å². The molecule has 1 aliphatic rings. The van der Waals surface area contributed by atoms with Gasteiger partial charge >= 0.3 is 0 Å². The molecule has 1 atom stereocenters. The van der Waals surface area contributed by atoms with Crippen molar-refractivity contribution in [3.63, 3.8) is 0 Å². The molecular formula is C21H20ClN3OS. The van der Waals surface area contributed by atoms with Crippen LogP contribution < -0.4 is 0 Å². The fourth-order valence-corrected chi connectivity index (χ4v) is 4.06. The van der Waals surface area contributed by atoms with Crippen LogP contribution in [-0.4, -0.2) is 25.8 Å². The Bertz CT molecular complexity index is 936. The number of benzene rings is 2. The van der Waals surface area contributed by atoms with Gasteiger partial charge in [0, 0.05) is 16.5 Å². The van der Waals surface area contributed by atoms with E-state index in [0.29, 0.717) is 16.5 Å². The molecule has 0 saturated heterocycles. The van der Waals surface area contributed by atoms with E-state index in [1.165, 1.54) is 17.3 Å². The number of halogens is 1. The Morgan fingerprint density at radius 3 is 2.52 bits per heavy atom. The molecule has 0 radical (unpaired) electrons. The Morgan fingerprint density at radius 1 is 1.15 bits per heavy atom. The summed E-state index contributed by atoms with van der Waals surface area (Å²) >= 11 is 7.39. The van der Waals surface area contributed by atoms with Crippen LogP contribution in [0.4, 0.5) is 0 Å². The number of nitrogens with zero attached hydrogens (tertiary/aromatic N) is 3. The summed E-state index contributed by atoms with van der Waals surface area (Å²) in [6.45, 7) is 2.64. The van der Waals surface area contributed by atoms with Crippen molar-refractivity contribution in [2.75, 3.05) is 0 Å². The van der Waals surface area contributed by atoms with E-state index in [9.17, 15) is 4.79 Å². The van der Waals surface area contributed by atoms with E-state index in [4.69, 9.17) is 11.6 Å². The van der Waals surface area contributed by atoms with E-state index in [1.54, 1.807) is 24.3 Å².